The van der Waals surface area contributed by atoms with Crippen LogP contribution in [0.15, 0.2) is 36.7 Å². The Morgan fingerprint density at radius 1 is 1.19 bits per heavy atom. The Morgan fingerprint density at radius 3 is 2.69 bits per heavy atom. The average Bonchev–Trinajstić information content (AvgIpc) is 3.24. The number of aryl methyl sites for hydroxylation is 1. The summed E-state index contributed by atoms with van der Waals surface area (Å²) in [5, 5.41) is 3.66. The highest BCUT2D eigenvalue weighted by Crippen LogP contribution is 2.35. The van der Waals surface area contributed by atoms with E-state index in [4.69, 9.17) is 4.74 Å². The number of halogens is 1. The Labute approximate surface area is 215 Å². The second-order valence-electron chi connectivity index (χ2n) is 9.11. The number of benzene rings is 1. The van der Waals surface area contributed by atoms with E-state index >= 15 is 0 Å². The van der Waals surface area contributed by atoms with Gasteiger partial charge in [-0.2, -0.15) is 0 Å². The predicted octanol–water partition coefficient (Wildman–Crippen LogP) is 4.29. The minimum Gasteiger partial charge on any atom is -0.495 e. The Morgan fingerprint density at radius 2 is 1.97 bits per heavy atom. The number of hydrogen-bond donors (Lipinski definition) is 1. The molecule has 0 spiro atoms. The number of rotatable bonds is 9. The highest BCUT2D eigenvalue weighted by molar-refractivity contribution is 7.21. The maximum absolute atomic E-state index is 13.7. The molecule has 3 aromatic rings. The maximum Gasteiger partial charge on any atom is 0.264 e. The molecule has 1 aliphatic heterocycles. The summed E-state index contributed by atoms with van der Waals surface area (Å²) in [4.78, 5) is 34.5. The lowest BCUT2D eigenvalue weighted by Gasteiger charge is -2.31. The molecular weight excluding hydrogens is 479 g/mol. The highest BCUT2D eigenvalue weighted by atomic mass is 32.1. The van der Waals surface area contributed by atoms with E-state index in [2.05, 4.69) is 21.3 Å². The van der Waals surface area contributed by atoms with Crippen molar-refractivity contribution in [2.24, 2.45) is 0 Å². The SMILES string of the molecule is CNC(=O)CCN(CCN1CCC(F)CC1)C(=O)c1sc2ccc(-c3cncc(OC)c3)cc2c1C. The lowest BCUT2D eigenvalue weighted by molar-refractivity contribution is -0.120. The smallest absolute Gasteiger partial charge is 0.264 e. The molecule has 0 radical (unpaired) electrons. The zero-order valence-electron chi connectivity index (χ0n) is 21.1. The minimum absolute atomic E-state index is 0.0671. The van der Waals surface area contributed by atoms with Crippen molar-refractivity contribution < 1.29 is 18.7 Å². The first-order chi connectivity index (χ1) is 17.4. The van der Waals surface area contributed by atoms with Crippen molar-refractivity contribution in [3.05, 3.63) is 47.1 Å². The van der Waals surface area contributed by atoms with Gasteiger partial charge in [0, 0.05) is 62.7 Å². The van der Waals surface area contributed by atoms with Crippen LogP contribution in [0.1, 0.15) is 34.5 Å². The van der Waals surface area contributed by atoms with Gasteiger partial charge in [-0.1, -0.05) is 6.07 Å². The van der Waals surface area contributed by atoms with Gasteiger partial charge in [0.2, 0.25) is 5.91 Å². The van der Waals surface area contributed by atoms with Crippen LogP contribution in [-0.4, -0.2) is 79.7 Å². The number of amides is 2. The summed E-state index contributed by atoms with van der Waals surface area (Å²) in [6.07, 6.45) is 4.04. The molecule has 4 rings (SSSR count). The Kier molecular flexibility index (Phi) is 8.53. The molecule has 0 saturated carbocycles. The van der Waals surface area contributed by atoms with Crippen LogP contribution in [0.25, 0.3) is 21.2 Å². The number of fused-ring (bicyclic) bond motifs is 1. The van der Waals surface area contributed by atoms with Gasteiger partial charge >= 0.3 is 0 Å². The molecular formula is C27H33FN4O3S. The fourth-order valence-electron chi connectivity index (χ4n) is 4.50. The van der Waals surface area contributed by atoms with Crippen molar-refractivity contribution >= 4 is 33.2 Å². The number of carbonyl (C=O) groups is 2. The molecule has 2 amide bonds. The van der Waals surface area contributed by atoms with Gasteiger partial charge in [-0.05, 0) is 54.5 Å². The molecule has 0 aliphatic carbocycles. The molecule has 1 aliphatic rings. The topological polar surface area (TPSA) is 74.8 Å². The number of thiophene rings is 1. The number of carbonyl (C=O) groups excluding carboxylic acids is 2. The van der Waals surface area contributed by atoms with Gasteiger partial charge in [0.15, 0.2) is 0 Å². The summed E-state index contributed by atoms with van der Waals surface area (Å²) >= 11 is 1.48. The first-order valence-electron chi connectivity index (χ1n) is 12.3. The number of hydrogen-bond acceptors (Lipinski definition) is 6. The number of nitrogens with one attached hydrogen (secondary N) is 1. The van der Waals surface area contributed by atoms with E-state index in [9.17, 15) is 14.0 Å². The number of piperidine rings is 1. The van der Waals surface area contributed by atoms with Crippen molar-refractivity contribution in [1.29, 1.82) is 0 Å². The fraction of sp³-hybridized carbons (Fsp3) is 0.444. The zero-order chi connectivity index (χ0) is 25.7. The Hall–Kier alpha value is -3.04. The summed E-state index contributed by atoms with van der Waals surface area (Å²) in [5.74, 6) is 0.520. The van der Waals surface area contributed by atoms with Gasteiger partial charge in [-0.3, -0.25) is 14.6 Å². The van der Waals surface area contributed by atoms with Crippen LogP contribution < -0.4 is 10.1 Å². The monoisotopic (exact) mass is 512 g/mol. The molecule has 3 heterocycles. The largest absolute Gasteiger partial charge is 0.495 e. The van der Waals surface area contributed by atoms with Crippen molar-refractivity contribution in [2.45, 2.75) is 32.4 Å². The number of aromatic nitrogens is 1. The van der Waals surface area contributed by atoms with E-state index in [1.165, 1.54) is 11.3 Å². The van der Waals surface area contributed by atoms with Gasteiger partial charge in [0.05, 0.1) is 18.2 Å². The lowest BCUT2D eigenvalue weighted by atomic mass is 10.0. The first kappa shape index (κ1) is 26.0. The van der Waals surface area contributed by atoms with Crippen LogP contribution in [0.5, 0.6) is 5.75 Å². The second kappa shape index (κ2) is 11.8. The molecule has 7 nitrogen and oxygen atoms in total. The van der Waals surface area contributed by atoms with E-state index in [0.29, 0.717) is 56.2 Å². The number of nitrogens with zero attached hydrogens (tertiary/aromatic N) is 3. The van der Waals surface area contributed by atoms with Crippen LogP contribution in [-0.2, 0) is 4.79 Å². The molecule has 0 atom stereocenters. The number of methoxy groups -OCH3 is 1. The molecule has 9 heteroatoms. The standard InChI is InChI=1S/C27H33FN4O3S/c1-18-23-15-19(20-14-22(35-3)17-30-16-20)4-5-24(23)36-26(18)27(34)32(11-8-25(33)29-2)13-12-31-9-6-21(28)7-10-31/h4-5,14-17,21H,6-13H2,1-3H3,(H,29,33). The van der Waals surface area contributed by atoms with E-state index in [1.807, 2.05) is 25.1 Å². The van der Waals surface area contributed by atoms with Crippen LogP contribution in [0.3, 0.4) is 0 Å². The van der Waals surface area contributed by atoms with Gasteiger partial charge < -0.3 is 19.9 Å². The highest BCUT2D eigenvalue weighted by Gasteiger charge is 2.24. The van der Waals surface area contributed by atoms with Crippen LogP contribution in [0, 0.1) is 6.92 Å². The minimum atomic E-state index is -0.730. The molecule has 1 N–H and O–H groups in total. The molecule has 192 valence electrons. The van der Waals surface area contributed by atoms with E-state index < -0.39 is 6.17 Å². The Bertz CT molecular complexity index is 1220. The predicted molar refractivity (Wildman–Crippen MR) is 142 cm³/mol. The van der Waals surface area contributed by atoms with E-state index in [-0.39, 0.29) is 18.2 Å². The molecule has 1 fully saturated rings. The molecule has 0 bridgehead atoms. The number of ether oxygens (including phenoxy) is 1. The van der Waals surface area contributed by atoms with Crippen LogP contribution >= 0.6 is 11.3 Å². The van der Waals surface area contributed by atoms with Gasteiger partial charge in [-0.25, -0.2) is 4.39 Å². The fourth-order valence-corrected chi connectivity index (χ4v) is 5.66. The summed E-state index contributed by atoms with van der Waals surface area (Å²) in [5.41, 5.74) is 2.88. The van der Waals surface area contributed by atoms with Crippen molar-refractivity contribution in [1.82, 2.24) is 20.1 Å². The summed E-state index contributed by atoms with van der Waals surface area (Å²) in [7, 11) is 3.21. The van der Waals surface area contributed by atoms with Gasteiger partial charge in [-0.15, -0.1) is 11.3 Å². The van der Waals surface area contributed by atoms with Crippen molar-refractivity contribution in [3.63, 3.8) is 0 Å². The van der Waals surface area contributed by atoms with E-state index in [0.717, 1.165) is 26.8 Å². The summed E-state index contributed by atoms with van der Waals surface area (Å²) in [6.45, 7) is 4.88. The molecule has 1 aromatic carbocycles. The quantitative estimate of drug-likeness (QED) is 0.463. The maximum atomic E-state index is 13.7. The molecule has 0 unspecified atom stereocenters. The normalized spacial score (nSPS) is 14.7. The summed E-state index contributed by atoms with van der Waals surface area (Å²) in [6, 6.07) is 8.09. The van der Waals surface area contributed by atoms with Crippen molar-refractivity contribution in [3.8, 4) is 16.9 Å². The third kappa shape index (κ3) is 6.02. The van der Waals surface area contributed by atoms with Gasteiger partial charge in [0.25, 0.3) is 5.91 Å². The van der Waals surface area contributed by atoms with Gasteiger partial charge in [0.1, 0.15) is 11.9 Å². The second-order valence-corrected chi connectivity index (χ2v) is 10.2. The van der Waals surface area contributed by atoms with E-state index in [1.54, 1.807) is 31.5 Å². The number of pyridine rings is 1. The average molecular weight is 513 g/mol. The summed E-state index contributed by atoms with van der Waals surface area (Å²) < 4.78 is 19.9. The zero-order valence-corrected chi connectivity index (χ0v) is 21.9. The van der Waals surface area contributed by atoms with Crippen molar-refractivity contribution in [2.75, 3.05) is 46.9 Å². The van der Waals surface area contributed by atoms with Crippen LogP contribution in [0.2, 0.25) is 0 Å². The third-order valence-corrected chi connectivity index (χ3v) is 8.05. The van der Waals surface area contributed by atoms with Crippen LogP contribution in [0.4, 0.5) is 4.39 Å². The Balaban J connectivity index is 1.57. The number of likely N-dealkylation sites (tertiary alicyclic amines) is 1. The lowest BCUT2D eigenvalue weighted by Crippen LogP contribution is -2.43. The molecule has 1 saturated heterocycles. The number of alkyl halides is 1. The first-order valence-corrected chi connectivity index (χ1v) is 13.1. The molecule has 2 aromatic heterocycles. The molecule has 36 heavy (non-hydrogen) atoms. The third-order valence-electron chi connectivity index (χ3n) is 6.79.